The van der Waals surface area contributed by atoms with Gasteiger partial charge in [0, 0.05) is 6.54 Å². The topological polar surface area (TPSA) is 12.0 Å². The second-order valence-corrected chi connectivity index (χ2v) is 5.66. The Morgan fingerprint density at radius 3 is 2.57 bits per heavy atom. The first-order chi connectivity index (χ1) is 6.13. The molecule has 0 amide bonds. The third kappa shape index (κ3) is 15.9. The molecule has 0 bridgehead atoms. The van der Waals surface area contributed by atoms with Gasteiger partial charge in [-0.1, -0.05) is 18.2 Å². The molecule has 78 valence electrons. The van der Waals surface area contributed by atoms with E-state index in [1.165, 1.54) is 17.9 Å². The van der Waals surface area contributed by atoms with Crippen LogP contribution < -0.4 is 34.9 Å². The molecule has 1 N–H and O–H groups in total. The Labute approximate surface area is 125 Å². The summed E-state index contributed by atoms with van der Waals surface area (Å²) >= 11 is 11.5. The second-order valence-electron chi connectivity index (χ2n) is 3.36. The summed E-state index contributed by atoms with van der Waals surface area (Å²) in [7, 11) is 0. The molecule has 0 unspecified atom stereocenters. The Balaban J connectivity index is 0. The van der Waals surface area contributed by atoms with E-state index in [0.29, 0.717) is 4.32 Å². The molecular weight excluding hydrogens is 241 g/mol. The van der Waals surface area contributed by atoms with Crippen LogP contribution in [-0.2, 0) is 12.6 Å². The second kappa shape index (κ2) is 12.5. The van der Waals surface area contributed by atoms with Crippen LogP contribution in [0.2, 0.25) is 0 Å². The van der Waals surface area contributed by atoms with Crippen LogP contribution in [0.25, 0.3) is 0 Å². The molecule has 0 rings (SSSR count). The SMILES string of the molecule is CC(C)CCSCCCNC(=S)[S-].[Na+]. The minimum atomic E-state index is 0. The van der Waals surface area contributed by atoms with Gasteiger partial charge in [0.15, 0.2) is 0 Å². The molecule has 0 saturated carbocycles. The van der Waals surface area contributed by atoms with E-state index < -0.39 is 0 Å². The number of nitrogens with one attached hydrogen (secondary N) is 1. The molecule has 0 atom stereocenters. The molecule has 0 fully saturated rings. The first kappa shape index (κ1) is 17.8. The summed E-state index contributed by atoms with van der Waals surface area (Å²) in [5.41, 5.74) is 0. The van der Waals surface area contributed by atoms with Crippen molar-refractivity contribution in [2.24, 2.45) is 5.92 Å². The van der Waals surface area contributed by atoms with Gasteiger partial charge in [-0.05, 0) is 30.3 Å². The fraction of sp³-hybridized carbons (Fsp3) is 0.889. The largest absolute Gasteiger partial charge is 1.00 e. The summed E-state index contributed by atoms with van der Waals surface area (Å²) in [4.78, 5) is 0. The van der Waals surface area contributed by atoms with Gasteiger partial charge in [0.2, 0.25) is 0 Å². The zero-order valence-corrected chi connectivity index (χ0v) is 13.8. The van der Waals surface area contributed by atoms with Crippen LogP contribution >= 0.6 is 24.0 Å². The van der Waals surface area contributed by atoms with Crippen molar-refractivity contribution in [1.29, 1.82) is 0 Å². The van der Waals surface area contributed by atoms with Crippen LogP contribution in [0.3, 0.4) is 0 Å². The number of thioether (sulfide) groups is 1. The van der Waals surface area contributed by atoms with Crippen LogP contribution in [0, 0.1) is 5.92 Å². The predicted octanol–water partition coefficient (Wildman–Crippen LogP) is -0.419. The minimum Gasteiger partial charge on any atom is -0.412 e. The maximum absolute atomic E-state index is 4.73. The van der Waals surface area contributed by atoms with Crippen LogP contribution in [0.5, 0.6) is 0 Å². The quantitative estimate of drug-likeness (QED) is 0.288. The molecule has 0 aromatic heterocycles. The van der Waals surface area contributed by atoms with E-state index in [1.807, 2.05) is 11.8 Å². The summed E-state index contributed by atoms with van der Waals surface area (Å²) in [6.45, 7) is 5.45. The van der Waals surface area contributed by atoms with Crippen molar-refractivity contribution in [3.05, 3.63) is 0 Å². The smallest absolute Gasteiger partial charge is 0.412 e. The number of thiocarbonyl (C=S) groups is 1. The molecule has 0 aliphatic heterocycles. The normalized spacial score (nSPS) is 9.64. The summed E-state index contributed by atoms with van der Waals surface area (Å²) < 4.78 is 0.493. The van der Waals surface area contributed by atoms with Crippen molar-refractivity contribution in [3.8, 4) is 0 Å². The number of hydrogen-bond acceptors (Lipinski definition) is 3. The Morgan fingerprint density at radius 1 is 1.43 bits per heavy atom. The molecule has 0 aromatic carbocycles. The monoisotopic (exact) mass is 259 g/mol. The first-order valence-corrected chi connectivity index (χ1v) is 6.62. The zero-order chi connectivity index (χ0) is 10.1. The van der Waals surface area contributed by atoms with E-state index in [2.05, 4.69) is 19.2 Å². The minimum absolute atomic E-state index is 0. The summed E-state index contributed by atoms with van der Waals surface area (Å²) in [5, 5.41) is 2.98. The number of hydrogen-bond donors (Lipinski definition) is 1. The van der Waals surface area contributed by atoms with Gasteiger partial charge >= 0.3 is 29.6 Å². The predicted molar refractivity (Wildman–Crippen MR) is 69.4 cm³/mol. The zero-order valence-electron chi connectivity index (χ0n) is 9.34. The van der Waals surface area contributed by atoms with Crippen LogP contribution in [0.4, 0.5) is 0 Å². The number of rotatable bonds is 7. The average Bonchev–Trinajstić information content (AvgIpc) is 2.01. The summed E-state index contributed by atoms with van der Waals surface area (Å²) in [6, 6.07) is 0. The third-order valence-electron chi connectivity index (χ3n) is 1.57. The Bertz CT molecular complexity index is 142. The van der Waals surface area contributed by atoms with Gasteiger partial charge in [-0.3, -0.25) is 0 Å². The Kier molecular flexibility index (Phi) is 16.0. The standard InChI is InChI=1S/C9H19NS3.Na/c1-8(2)4-7-13-6-3-5-10-9(11)12;/h8H,3-7H2,1-2H3,(H2,10,11,12);/q;+1/p-1. The van der Waals surface area contributed by atoms with Gasteiger partial charge in [-0.25, -0.2) is 0 Å². The van der Waals surface area contributed by atoms with Crippen molar-refractivity contribution >= 4 is 40.9 Å². The van der Waals surface area contributed by atoms with E-state index in [1.54, 1.807) is 0 Å². The molecule has 0 radical (unpaired) electrons. The molecule has 0 aliphatic rings. The van der Waals surface area contributed by atoms with E-state index in [9.17, 15) is 0 Å². The summed E-state index contributed by atoms with van der Waals surface area (Å²) in [5.74, 6) is 3.30. The summed E-state index contributed by atoms with van der Waals surface area (Å²) in [6.07, 6.45) is 2.47. The van der Waals surface area contributed by atoms with Crippen molar-refractivity contribution in [2.75, 3.05) is 18.1 Å². The van der Waals surface area contributed by atoms with Crippen LogP contribution in [-0.4, -0.2) is 22.4 Å². The molecule has 0 spiro atoms. The van der Waals surface area contributed by atoms with E-state index in [-0.39, 0.29) is 29.6 Å². The fourth-order valence-corrected chi connectivity index (χ4v) is 2.18. The van der Waals surface area contributed by atoms with Gasteiger partial charge in [-0.15, -0.1) is 0 Å². The van der Waals surface area contributed by atoms with Crippen LogP contribution in [0.1, 0.15) is 26.7 Å². The molecule has 0 aliphatic carbocycles. The van der Waals surface area contributed by atoms with E-state index >= 15 is 0 Å². The van der Waals surface area contributed by atoms with Gasteiger partial charge < -0.3 is 30.2 Å². The first-order valence-electron chi connectivity index (χ1n) is 4.65. The van der Waals surface area contributed by atoms with Gasteiger partial charge in [-0.2, -0.15) is 11.8 Å². The van der Waals surface area contributed by atoms with Crippen molar-refractivity contribution in [2.45, 2.75) is 26.7 Å². The average molecular weight is 259 g/mol. The van der Waals surface area contributed by atoms with E-state index in [0.717, 1.165) is 18.9 Å². The molecule has 0 heterocycles. The molecule has 0 aromatic rings. The van der Waals surface area contributed by atoms with E-state index in [4.69, 9.17) is 24.8 Å². The Morgan fingerprint density at radius 2 is 2.07 bits per heavy atom. The van der Waals surface area contributed by atoms with Crippen molar-refractivity contribution in [1.82, 2.24) is 5.32 Å². The molecular formula is C9H18NNaS3. The van der Waals surface area contributed by atoms with Gasteiger partial charge in [0.1, 0.15) is 0 Å². The fourth-order valence-electron chi connectivity index (χ4n) is 0.786. The van der Waals surface area contributed by atoms with Gasteiger partial charge in [0.25, 0.3) is 0 Å². The van der Waals surface area contributed by atoms with Crippen LogP contribution in [0.15, 0.2) is 0 Å². The maximum atomic E-state index is 4.73. The molecule has 0 saturated heterocycles. The van der Waals surface area contributed by atoms with Gasteiger partial charge in [0.05, 0.1) is 0 Å². The molecule has 5 heteroatoms. The third-order valence-corrected chi connectivity index (χ3v) is 2.96. The van der Waals surface area contributed by atoms with Crippen molar-refractivity contribution in [3.63, 3.8) is 0 Å². The molecule has 14 heavy (non-hydrogen) atoms. The van der Waals surface area contributed by atoms with Crippen molar-refractivity contribution < 1.29 is 29.6 Å². The Hall–Kier alpha value is 1.46. The maximum Gasteiger partial charge on any atom is 1.00 e. The molecule has 1 nitrogen and oxygen atoms in total.